The molecule has 0 bridgehead atoms. The summed E-state index contributed by atoms with van der Waals surface area (Å²) in [6, 6.07) is 14.6. The molecule has 0 aliphatic carbocycles. The summed E-state index contributed by atoms with van der Waals surface area (Å²) in [6.45, 7) is 0.687. The van der Waals surface area contributed by atoms with Crippen LogP contribution in [0.1, 0.15) is 12.0 Å². The van der Waals surface area contributed by atoms with Gasteiger partial charge in [0.15, 0.2) is 5.96 Å². The summed E-state index contributed by atoms with van der Waals surface area (Å²) < 4.78 is 37.5. The minimum absolute atomic E-state index is 0. The van der Waals surface area contributed by atoms with Crippen molar-refractivity contribution in [1.82, 2.24) is 15.5 Å². The molecular weight excluding hydrogens is 480 g/mol. The largest absolute Gasteiger partial charge is 0.401 e. The monoisotopic (exact) mass is 506 g/mol. The van der Waals surface area contributed by atoms with E-state index < -0.39 is 12.7 Å². The molecule has 1 aliphatic heterocycles. The van der Waals surface area contributed by atoms with Gasteiger partial charge in [-0.05, 0) is 29.2 Å². The van der Waals surface area contributed by atoms with Crippen LogP contribution in [0.25, 0.3) is 10.8 Å². The summed E-state index contributed by atoms with van der Waals surface area (Å²) in [5.41, 5.74) is 1.23. The molecule has 1 unspecified atom stereocenters. The highest BCUT2D eigenvalue weighted by molar-refractivity contribution is 14.0. The lowest BCUT2D eigenvalue weighted by molar-refractivity contribution is -0.143. The Labute approximate surface area is 180 Å². The summed E-state index contributed by atoms with van der Waals surface area (Å²) in [4.78, 5) is 5.62. The second kappa shape index (κ2) is 10.3. The number of aliphatic imine (C=N–C) groups is 1. The Hall–Kier alpha value is -1.55. The summed E-state index contributed by atoms with van der Waals surface area (Å²) in [7, 11) is 1.67. The number of benzene rings is 2. The van der Waals surface area contributed by atoms with Crippen LogP contribution in [0.2, 0.25) is 0 Å². The molecule has 2 N–H and O–H groups in total. The van der Waals surface area contributed by atoms with Gasteiger partial charge in [0.2, 0.25) is 0 Å². The van der Waals surface area contributed by atoms with Crippen molar-refractivity contribution < 1.29 is 13.2 Å². The predicted molar refractivity (Wildman–Crippen MR) is 118 cm³/mol. The number of guanidine groups is 1. The van der Waals surface area contributed by atoms with E-state index in [-0.39, 0.29) is 30.0 Å². The molecule has 4 nitrogen and oxygen atoms in total. The maximum absolute atomic E-state index is 12.5. The highest BCUT2D eigenvalue weighted by Gasteiger charge is 2.34. The number of nitrogens with zero attached hydrogens (tertiary/aromatic N) is 2. The van der Waals surface area contributed by atoms with E-state index in [0.29, 0.717) is 32.0 Å². The number of fused-ring (bicyclic) bond motifs is 1. The molecule has 2 aromatic rings. The molecule has 3 rings (SSSR count). The van der Waals surface area contributed by atoms with Crippen LogP contribution in [0.3, 0.4) is 0 Å². The highest BCUT2D eigenvalue weighted by Crippen LogP contribution is 2.20. The van der Waals surface area contributed by atoms with Gasteiger partial charge in [-0.2, -0.15) is 13.2 Å². The molecule has 154 valence electrons. The third kappa shape index (κ3) is 6.80. The molecule has 0 radical (unpaired) electrons. The third-order valence-corrected chi connectivity index (χ3v) is 4.76. The van der Waals surface area contributed by atoms with Crippen molar-refractivity contribution in [3.8, 4) is 0 Å². The van der Waals surface area contributed by atoms with Crippen LogP contribution in [-0.2, 0) is 6.42 Å². The van der Waals surface area contributed by atoms with Crippen LogP contribution in [0, 0.1) is 0 Å². The van der Waals surface area contributed by atoms with E-state index in [0.717, 1.165) is 6.42 Å². The summed E-state index contributed by atoms with van der Waals surface area (Å²) in [6.07, 6.45) is -2.62. The van der Waals surface area contributed by atoms with Gasteiger partial charge in [0.05, 0.1) is 6.54 Å². The Morgan fingerprint density at radius 2 is 1.93 bits per heavy atom. The molecule has 2 aromatic carbocycles. The fourth-order valence-corrected chi connectivity index (χ4v) is 3.46. The van der Waals surface area contributed by atoms with Gasteiger partial charge in [-0.1, -0.05) is 42.5 Å². The Bertz CT molecular complexity index is 794. The molecule has 1 atom stereocenters. The molecule has 0 aromatic heterocycles. The van der Waals surface area contributed by atoms with Crippen molar-refractivity contribution in [2.24, 2.45) is 4.99 Å². The predicted octanol–water partition coefficient (Wildman–Crippen LogP) is 3.80. The zero-order valence-corrected chi connectivity index (χ0v) is 18.1. The van der Waals surface area contributed by atoms with Gasteiger partial charge in [-0.3, -0.25) is 9.89 Å². The smallest absolute Gasteiger partial charge is 0.356 e. The number of likely N-dealkylation sites (tertiary alicyclic amines) is 1. The number of alkyl halides is 3. The fraction of sp³-hybridized carbons (Fsp3) is 0.450. The summed E-state index contributed by atoms with van der Waals surface area (Å²) in [5.74, 6) is 0.634. The normalized spacial score (nSPS) is 18.1. The van der Waals surface area contributed by atoms with Gasteiger partial charge in [0, 0.05) is 32.7 Å². The zero-order valence-electron chi connectivity index (χ0n) is 15.8. The number of halogens is 4. The first-order valence-electron chi connectivity index (χ1n) is 9.17. The maximum Gasteiger partial charge on any atom is 0.401 e. The first-order chi connectivity index (χ1) is 12.9. The molecule has 1 saturated heterocycles. The van der Waals surface area contributed by atoms with Crippen LogP contribution in [0.5, 0.6) is 0 Å². The van der Waals surface area contributed by atoms with Crippen molar-refractivity contribution in [3.63, 3.8) is 0 Å². The lowest BCUT2D eigenvalue weighted by Crippen LogP contribution is -2.45. The first kappa shape index (κ1) is 22.7. The molecule has 1 aliphatic rings. The van der Waals surface area contributed by atoms with E-state index in [9.17, 15) is 13.2 Å². The van der Waals surface area contributed by atoms with Crippen LogP contribution in [0.15, 0.2) is 47.5 Å². The van der Waals surface area contributed by atoms with Crippen molar-refractivity contribution >= 4 is 40.7 Å². The number of nitrogens with one attached hydrogen (secondary N) is 2. The molecule has 28 heavy (non-hydrogen) atoms. The SMILES string of the molecule is CN=C(NCCc1ccc2ccccc2c1)NC1CCN(CC(F)(F)F)C1.I. The van der Waals surface area contributed by atoms with Crippen LogP contribution < -0.4 is 10.6 Å². The standard InChI is InChI=1S/C20H25F3N4.HI/c1-24-19(26-18-9-11-27(13-18)14-20(21,22)23)25-10-8-15-6-7-16-4-2-3-5-17(16)12-15;/h2-7,12,18H,8-11,13-14H2,1H3,(H2,24,25,26);1H. The van der Waals surface area contributed by atoms with Crippen molar-refractivity contribution in [1.29, 1.82) is 0 Å². The van der Waals surface area contributed by atoms with Gasteiger partial charge in [0.1, 0.15) is 0 Å². The molecule has 1 fully saturated rings. The number of hydrogen-bond acceptors (Lipinski definition) is 2. The average Bonchev–Trinajstić information content (AvgIpc) is 3.05. The van der Waals surface area contributed by atoms with E-state index in [1.807, 2.05) is 12.1 Å². The molecule has 1 heterocycles. The molecule has 0 saturated carbocycles. The zero-order chi connectivity index (χ0) is 19.3. The Morgan fingerprint density at radius 1 is 1.18 bits per heavy atom. The van der Waals surface area contributed by atoms with E-state index in [4.69, 9.17) is 0 Å². The average molecular weight is 506 g/mol. The third-order valence-electron chi connectivity index (χ3n) is 4.76. The summed E-state index contributed by atoms with van der Waals surface area (Å²) in [5, 5.41) is 8.92. The van der Waals surface area contributed by atoms with E-state index in [1.54, 1.807) is 7.05 Å². The van der Waals surface area contributed by atoms with Crippen molar-refractivity contribution in [2.75, 3.05) is 33.2 Å². The Balaban J connectivity index is 0.00000280. The molecule has 8 heteroatoms. The minimum Gasteiger partial charge on any atom is -0.356 e. The van der Waals surface area contributed by atoms with E-state index in [2.05, 4.69) is 46.0 Å². The van der Waals surface area contributed by atoms with E-state index >= 15 is 0 Å². The fourth-order valence-electron chi connectivity index (χ4n) is 3.46. The molecular formula is C20H26F3IN4. The Morgan fingerprint density at radius 3 is 2.64 bits per heavy atom. The minimum atomic E-state index is -4.14. The first-order valence-corrected chi connectivity index (χ1v) is 9.17. The van der Waals surface area contributed by atoms with Gasteiger partial charge >= 0.3 is 6.18 Å². The number of hydrogen-bond donors (Lipinski definition) is 2. The molecule has 0 spiro atoms. The van der Waals surface area contributed by atoms with Crippen LogP contribution >= 0.6 is 24.0 Å². The summed E-state index contributed by atoms with van der Waals surface area (Å²) >= 11 is 0. The van der Waals surface area contributed by atoms with Gasteiger partial charge < -0.3 is 10.6 Å². The van der Waals surface area contributed by atoms with Gasteiger partial charge in [-0.15, -0.1) is 24.0 Å². The van der Waals surface area contributed by atoms with Crippen LogP contribution in [0.4, 0.5) is 13.2 Å². The quantitative estimate of drug-likeness (QED) is 0.369. The lowest BCUT2D eigenvalue weighted by atomic mass is 10.1. The van der Waals surface area contributed by atoms with Gasteiger partial charge in [0.25, 0.3) is 0 Å². The van der Waals surface area contributed by atoms with Crippen molar-refractivity contribution in [2.45, 2.75) is 25.1 Å². The van der Waals surface area contributed by atoms with Gasteiger partial charge in [-0.25, -0.2) is 0 Å². The number of rotatable bonds is 5. The second-order valence-electron chi connectivity index (χ2n) is 6.91. The van der Waals surface area contributed by atoms with Crippen LogP contribution in [-0.4, -0.2) is 56.3 Å². The van der Waals surface area contributed by atoms with E-state index in [1.165, 1.54) is 21.2 Å². The second-order valence-corrected chi connectivity index (χ2v) is 6.91. The van der Waals surface area contributed by atoms with Crippen molar-refractivity contribution in [3.05, 3.63) is 48.0 Å². The maximum atomic E-state index is 12.5. The molecule has 0 amide bonds. The lowest BCUT2D eigenvalue weighted by Gasteiger charge is -2.19. The highest BCUT2D eigenvalue weighted by atomic mass is 127. The topological polar surface area (TPSA) is 39.7 Å². The Kier molecular flexibility index (Phi) is 8.36.